The molecule has 9 heteroatoms. The van der Waals surface area contributed by atoms with E-state index in [2.05, 4.69) is 10.6 Å². The van der Waals surface area contributed by atoms with Crippen LogP contribution in [0.4, 0.5) is 11.4 Å². The van der Waals surface area contributed by atoms with Gasteiger partial charge in [-0.1, -0.05) is 36.4 Å². The van der Waals surface area contributed by atoms with Gasteiger partial charge in [0.1, 0.15) is 5.75 Å². The van der Waals surface area contributed by atoms with E-state index >= 15 is 0 Å². The summed E-state index contributed by atoms with van der Waals surface area (Å²) in [4.78, 5) is 12.3. The van der Waals surface area contributed by atoms with Crippen molar-refractivity contribution in [3.8, 4) is 5.75 Å². The summed E-state index contributed by atoms with van der Waals surface area (Å²) < 4.78 is 32.2. The van der Waals surface area contributed by atoms with Gasteiger partial charge in [0.2, 0.25) is 5.91 Å². The molecular formula is C24H23N3O4S2. The van der Waals surface area contributed by atoms with Crippen molar-refractivity contribution in [2.75, 3.05) is 23.8 Å². The zero-order chi connectivity index (χ0) is 23.8. The fraction of sp³-hybridized carbons (Fsp3) is 0.0833. The lowest BCUT2D eigenvalue weighted by Crippen LogP contribution is -2.32. The number of thiocarbonyl (C=S) groups is 1. The van der Waals surface area contributed by atoms with E-state index in [9.17, 15) is 13.2 Å². The molecule has 0 bridgehead atoms. The van der Waals surface area contributed by atoms with Crippen molar-refractivity contribution in [2.24, 2.45) is 0 Å². The lowest BCUT2D eigenvalue weighted by atomic mass is 10.2. The molecule has 0 fully saturated rings. The number of rotatable bonds is 7. The fourth-order valence-electron chi connectivity index (χ4n) is 2.93. The summed E-state index contributed by atoms with van der Waals surface area (Å²) in [6, 6.07) is 22.2. The Morgan fingerprint density at radius 2 is 1.61 bits per heavy atom. The van der Waals surface area contributed by atoms with Gasteiger partial charge in [-0.3, -0.25) is 14.4 Å². The zero-order valence-electron chi connectivity index (χ0n) is 18.1. The molecule has 170 valence electrons. The number of hydrogen-bond acceptors (Lipinski definition) is 5. The first-order valence-corrected chi connectivity index (χ1v) is 11.7. The van der Waals surface area contributed by atoms with Gasteiger partial charge in [0, 0.05) is 24.4 Å². The van der Waals surface area contributed by atoms with Gasteiger partial charge in [-0.15, -0.1) is 0 Å². The fourth-order valence-corrected chi connectivity index (χ4v) is 4.34. The maximum absolute atomic E-state index is 12.9. The number of nitrogens with one attached hydrogen (secondary N) is 2. The van der Waals surface area contributed by atoms with Crippen LogP contribution < -0.4 is 19.7 Å². The molecule has 3 rings (SSSR count). The van der Waals surface area contributed by atoms with Gasteiger partial charge in [0.25, 0.3) is 10.0 Å². The van der Waals surface area contributed by atoms with Gasteiger partial charge in [-0.25, -0.2) is 8.42 Å². The van der Waals surface area contributed by atoms with E-state index in [0.29, 0.717) is 17.1 Å². The lowest BCUT2D eigenvalue weighted by molar-refractivity contribution is -0.115. The summed E-state index contributed by atoms with van der Waals surface area (Å²) in [5, 5.41) is 5.50. The molecule has 7 nitrogen and oxygen atoms in total. The van der Waals surface area contributed by atoms with E-state index in [0.717, 1.165) is 5.56 Å². The monoisotopic (exact) mass is 481 g/mol. The molecule has 0 saturated heterocycles. The predicted molar refractivity (Wildman–Crippen MR) is 135 cm³/mol. The van der Waals surface area contributed by atoms with E-state index in [1.807, 2.05) is 24.3 Å². The van der Waals surface area contributed by atoms with E-state index in [1.165, 1.54) is 29.6 Å². The van der Waals surface area contributed by atoms with E-state index in [1.54, 1.807) is 55.7 Å². The first-order chi connectivity index (χ1) is 15.8. The van der Waals surface area contributed by atoms with Crippen molar-refractivity contribution >= 4 is 50.7 Å². The summed E-state index contributed by atoms with van der Waals surface area (Å²) in [7, 11) is -0.655. The third-order valence-electron chi connectivity index (χ3n) is 4.68. The lowest BCUT2D eigenvalue weighted by Gasteiger charge is -2.19. The number of amides is 1. The highest BCUT2D eigenvalue weighted by Gasteiger charge is 2.21. The molecule has 2 N–H and O–H groups in total. The van der Waals surface area contributed by atoms with Gasteiger partial charge >= 0.3 is 0 Å². The Hall–Kier alpha value is -3.69. The molecule has 0 aliphatic rings. The number of nitrogens with zero attached hydrogens (tertiary/aromatic N) is 1. The van der Waals surface area contributed by atoms with Crippen molar-refractivity contribution in [1.29, 1.82) is 0 Å². The maximum Gasteiger partial charge on any atom is 0.264 e. The molecule has 0 aliphatic carbocycles. The van der Waals surface area contributed by atoms with Crippen LogP contribution in [0.15, 0.2) is 89.8 Å². The Labute approximate surface area is 198 Å². The van der Waals surface area contributed by atoms with Crippen molar-refractivity contribution < 1.29 is 17.9 Å². The van der Waals surface area contributed by atoms with E-state index in [-0.39, 0.29) is 10.0 Å². The normalized spacial score (nSPS) is 11.1. The van der Waals surface area contributed by atoms with Crippen LogP contribution in [0.25, 0.3) is 6.08 Å². The summed E-state index contributed by atoms with van der Waals surface area (Å²) in [6.45, 7) is 0. The van der Waals surface area contributed by atoms with Crippen molar-refractivity contribution in [2.45, 2.75) is 4.90 Å². The van der Waals surface area contributed by atoms with Gasteiger partial charge in [-0.2, -0.15) is 0 Å². The first-order valence-electron chi connectivity index (χ1n) is 9.88. The van der Waals surface area contributed by atoms with Crippen molar-refractivity contribution in [3.63, 3.8) is 0 Å². The number of sulfonamides is 1. The molecule has 0 saturated carbocycles. The first kappa shape index (κ1) is 24.0. The highest BCUT2D eigenvalue weighted by molar-refractivity contribution is 7.92. The van der Waals surface area contributed by atoms with Gasteiger partial charge in [0.05, 0.1) is 17.7 Å². The molecule has 0 unspecified atom stereocenters. The number of para-hydroxylation sites is 2. The molecule has 0 aliphatic heterocycles. The van der Waals surface area contributed by atoms with Crippen LogP contribution in [0, 0.1) is 0 Å². The van der Waals surface area contributed by atoms with Crippen LogP contribution >= 0.6 is 12.2 Å². The number of carbonyl (C=O) groups excluding carboxylic acids is 1. The Morgan fingerprint density at radius 1 is 0.970 bits per heavy atom. The standard InChI is InChI=1S/C24H23N3O4S2/c1-27(20-9-4-3-5-10-20)33(29,30)21-15-13-19(14-16-21)25-24(32)26-23(28)17-12-18-8-6-7-11-22(18)31-2/h3-17H,1-2H3,(H2,25,26,28,32)/b17-12+. The molecule has 1 amide bonds. The van der Waals surface area contributed by atoms with Gasteiger partial charge in [-0.05, 0) is 60.8 Å². The molecule has 3 aromatic carbocycles. The van der Waals surface area contributed by atoms with Crippen LogP contribution in [0.1, 0.15) is 5.56 Å². The van der Waals surface area contributed by atoms with E-state index in [4.69, 9.17) is 17.0 Å². The van der Waals surface area contributed by atoms with E-state index < -0.39 is 15.9 Å². The van der Waals surface area contributed by atoms with Crippen LogP contribution in [-0.4, -0.2) is 33.6 Å². The minimum absolute atomic E-state index is 0.0849. The number of anilines is 2. The molecule has 0 spiro atoms. The summed E-state index contributed by atoms with van der Waals surface area (Å²) >= 11 is 5.18. The average molecular weight is 482 g/mol. The topological polar surface area (TPSA) is 87.7 Å². The third-order valence-corrected chi connectivity index (χ3v) is 6.68. The SMILES string of the molecule is COc1ccccc1/C=C/C(=O)NC(=S)Nc1ccc(S(=O)(=O)N(C)c2ccccc2)cc1. The quantitative estimate of drug-likeness (QED) is 0.391. The predicted octanol–water partition coefficient (Wildman–Crippen LogP) is 4.05. The summed E-state index contributed by atoms with van der Waals surface area (Å²) in [5.74, 6) is 0.234. The van der Waals surface area contributed by atoms with Crippen LogP contribution in [0.5, 0.6) is 5.75 Å². The van der Waals surface area contributed by atoms with Crippen molar-refractivity contribution in [3.05, 3.63) is 90.5 Å². The van der Waals surface area contributed by atoms with Crippen LogP contribution in [-0.2, 0) is 14.8 Å². The second-order valence-corrected chi connectivity index (χ2v) is 9.23. The molecule has 3 aromatic rings. The average Bonchev–Trinajstić information content (AvgIpc) is 2.83. The number of methoxy groups -OCH3 is 1. The Kier molecular flexibility index (Phi) is 7.81. The highest BCUT2D eigenvalue weighted by Crippen LogP contribution is 2.23. The third kappa shape index (κ3) is 6.18. The molecule has 33 heavy (non-hydrogen) atoms. The summed E-state index contributed by atoms with van der Waals surface area (Å²) in [5.41, 5.74) is 1.85. The summed E-state index contributed by atoms with van der Waals surface area (Å²) in [6.07, 6.45) is 2.97. The number of carbonyl (C=O) groups is 1. The molecule has 0 atom stereocenters. The van der Waals surface area contributed by atoms with Crippen LogP contribution in [0.3, 0.4) is 0 Å². The van der Waals surface area contributed by atoms with Gasteiger partial charge < -0.3 is 10.1 Å². The Balaban J connectivity index is 1.61. The zero-order valence-corrected chi connectivity index (χ0v) is 19.7. The number of ether oxygens (including phenoxy) is 1. The Morgan fingerprint density at radius 3 is 2.27 bits per heavy atom. The second-order valence-electron chi connectivity index (χ2n) is 6.85. The largest absolute Gasteiger partial charge is 0.496 e. The van der Waals surface area contributed by atoms with Crippen LogP contribution in [0.2, 0.25) is 0 Å². The number of benzene rings is 3. The smallest absolute Gasteiger partial charge is 0.264 e. The van der Waals surface area contributed by atoms with Crippen molar-refractivity contribution in [1.82, 2.24) is 5.32 Å². The molecular weight excluding hydrogens is 458 g/mol. The minimum atomic E-state index is -3.71. The maximum atomic E-state index is 12.9. The van der Waals surface area contributed by atoms with Gasteiger partial charge in [0.15, 0.2) is 5.11 Å². The minimum Gasteiger partial charge on any atom is -0.496 e. The highest BCUT2D eigenvalue weighted by atomic mass is 32.2. The molecule has 0 radical (unpaired) electrons. The molecule has 0 heterocycles. The number of hydrogen-bond donors (Lipinski definition) is 2. The Bertz CT molecular complexity index is 1260. The molecule has 0 aromatic heterocycles. The second kappa shape index (κ2) is 10.8.